The van der Waals surface area contributed by atoms with Crippen molar-refractivity contribution in [2.45, 2.75) is 12.8 Å². The first-order valence-electron chi connectivity index (χ1n) is 6.61. The van der Waals surface area contributed by atoms with Crippen molar-refractivity contribution in [2.75, 3.05) is 0 Å². The summed E-state index contributed by atoms with van der Waals surface area (Å²) in [6, 6.07) is 9.32. The molecule has 6 heteroatoms. The fourth-order valence-electron chi connectivity index (χ4n) is 2.28. The molecule has 1 N–H and O–H groups in total. The second-order valence-electron chi connectivity index (χ2n) is 4.78. The molecule has 3 nitrogen and oxygen atoms in total. The van der Waals surface area contributed by atoms with E-state index in [4.69, 9.17) is 5.11 Å². The molecule has 0 fully saturated rings. The Balaban J connectivity index is 1.86. The van der Waals surface area contributed by atoms with Crippen molar-refractivity contribution in [3.05, 3.63) is 64.2 Å². The van der Waals surface area contributed by atoms with Crippen molar-refractivity contribution >= 4 is 27.5 Å². The highest BCUT2D eigenvalue weighted by Gasteiger charge is 2.14. The van der Waals surface area contributed by atoms with Gasteiger partial charge in [-0.25, -0.2) is 18.6 Å². The van der Waals surface area contributed by atoms with E-state index < -0.39 is 17.6 Å². The van der Waals surface area contributed by atoms with Crippen molar-refractivity contribution in [3.63, 3.8) is 0 Å². The fourth-order valence-corrected chi connectivity index (χ4v) is 3.24. The van der Waals surface area contributed by atoms with Crippen LogP contribution in [0.15, 0.2) is 36.4 Å². The van der Waals surface area contributed by atoms with Crippen LogP contribution in [0, 0.1) is 11.6 Å². The Labute approximate surface area is 128 Å². The molecular weight excluding hydrogens is 308 g/mol. The fraction of sp³-hybridized carbons (Fsp3) is 0.125. The van der Waals surface area contributed by atoms with Gasteiger partial charge in [0.15, 0.2) is 11.6 Å². The highest BCUT2D eigenvalue weighted by Crippen LogP contribution is 2.26. The first-order valence-corrected chi connectivity index (χ1v) is 7.42. The normalized spacial score (nSPS) is 11.0. The predicted octanol–water partition coefficient (Wildman–Crippen LogP) is 4.06. The lowest BCUT2D eigenvalue weighted by Gasteiger charge is -2.03. The number of aromatic nitrogens is 1. The largest absolute Gasteiger partial charge is 0.478 e. The third-order valence-electron chi connectivity index (χ3n) is 3.35. The van der Waals surface area contributed by atoms with E-state index in [9.17, 15) is 13.6 Å². The van der Waals surface area contributed by atoms with Gasteiger partial charge in [0.1, 0.15) is 5.52 Å². The van der Waals surface area contributed by atoms with Crippen molar-refractivity contribution in [1.29, 1.82) is 0 Å². The van der Waals surface area contributed by atoms with Crippen LogP contribution < -0.4 is 0 Å². The average Bonchev–Trinajstić information content (AvgIpc) is 2.93. The number of hydrogen-bond acceptors (Lipinski definition) is 3. The molecule has 0 aliphatic rings. The van der Waals surface area contributed by atoms with Crippen LogP contribution in [-0.4, -0.2) is 16.1 Å². The van der Waals surface area contributed by atoms with E-state index in [-0.39, 0.29) is 11.1 Å². The summed E-state index contributed by atoms with van der Waals surface area (Å²) >= 11 is 1.29. The minimum atomic E-state index is -0.979. The van der Waals surface area contributed by atoms with E-state index in [1.165, 1.54) is 17.4 Å². The standard InChI is InChI=1S/C16H11F2NO2S/c17-11-6-7-12-15(14(11)18)19-13(22-12)8-5-9-3-1-2-4-10(9)16(20)21/h1-4,6-7H,5,8H2,(H,20,21). The number of hydrogen-bond donors (Lipinski definition) is 1. The molecule has 0 atom stereocenters. The van der Waals surface area contributed by atoms with Gasteiger partial charge in [0.05, 0.1) is 15.3 Å². The maximum Gasteiger partial charge on any atom is 0.335 e. The zero-order chi connectivity index (χ0) is 15.7. The van der Waals surface area contributed by atoms with Gasteiger partial charge in [-0.15, -0.1) is 11.3 Å². The molecule has 0 aliphatic carbocycles. The Bertz CT molecular complexity index is 860. The first kappa shape index (κ1) is 14.6. The molecule has 0 radical (unpaired) electrons. The third-order valence-corrected chi connectivity index (χ3v) is 4.43. The molecule has 2 aromatic carbocycles. The van der Waals surface area contributed by atoms with Crippen LogP contribution in [0.1, 0.15) is 20.9 Å². The zero-order valence-corrected chi connectivity index (χ0v) is 12.2. The van der Waals surface area contributed by atoms with E-state index in [1.807, 2.05) is 0 Å². The topological polar surface area (TPSA) is 50.2 Å². The SMILES string of the molecule is O=C(O)c1ccccc1CCc1nc2c(F)c(F)ccc2s1. The van der Waals surface area contributed by atoms with Gasteiger partial charge in [0.2, 0.25) is 0 Å². The van der Waals surface area contributed by atoms with Gasteiger partial charge in [0.25, 0.3) is 0 Å². The summed E-state index contributed by atoms with van der Waals surface area (Å²) < 4.78 is 27.4. The Morgan fingerprint density at radius 3 is 2.68 bits per heavy atom. The van der Waals surface area contributed by atoms with E-state index in [0.717, 1.165) is 6.07 Å². The van der Waals surface area contributed by atoms with Crippen LogP contribution >= 0.6 is 11.3 Å². The number of benzene rings is 2. The zero-order valence-electron chi connectivity index (χ0n) is 11.3. The quantitative estimate of drug-likeness (QED) is 0.789. The monoisotopic (exact) mass is 319 g/mol. The van der Waals surface area contributed by atoms with Gasteiger partial charge in [-0.2, -0.15) is 0 Å². The van der Waals surface area contributed by atoms with Crippen molar-refractivity contribution in [1.82, 2.24) is 4.98 Å². The van der Waals surface area contributed by atoms with Crippen molar-refractivity contribution in [3.8, 4) is 0 Å². The second kappa shape index (κ2) is 5.81. The molecule has 1 heterocycles. The number of halogens is 2. The van der Waals surface area contributed by atoms with E-state index >= 15 is 0 Å². The van der Waals surface area contributed by atoms with Crippen molar-refractivity contribution < 1.29 is 18.7 Å². The Morgan fingerprint density at radius 2 is 1.91 bits per heavy atom. The van der Waals surface area contributed by atoms with Gasteiger partial charge in [0, 0.05) is 6.42 Å². The van der Waals surface area contributed by atoms with E-state index in [2.05, 4.69) is 4.98 Å². The molecule has 0 bridgehead atoms. The predicted molar refractivity (Wildman–Crippen MR) is 80.3 cm³/mol. The number of rotatable bonds is 4. The molecule has 0 saturated carbocycles. The lowest BCUT2D eigenvalue weighted by molar-refractivity contribution is 0.0695. The highest BCUT2D eigenvalue weighted by molar-refractivity contribution is 7.18. The summed E-state index contributed by atoms with van der Waals surface area (Å²) in [6.45, 7) is 0. The number of aryl methyl sites for hydroxylation is 2. The lowest BCUT2D eigenvalue weighted by Crippen LogP contribution is -2.03. The number of carbonyl (C=O) groups is 1. The summed E-state index contributed by atoms with van der Waals surface area (Å²) in [5, 5.41) is 9.79. The lowest BCUT2D eigenvalue weighted by atomic mass is 10.0. The number of fused-ring (bicyclic) bond motifs is 1. The maximum atomic E-state index is 13.6. The average molecular weight is 319 g/mol. The molecule has 112 valence electrons. The van der Waals surface area contributed by atoms with Gasteiger partial charge < -0.3 is 5.11 Å². The molecule has 0 saturated heterocycles. The summed E-state index contributed by atoms with van der Waals surface area (Å²) in [6.07, 6.45) is 0.955. The molecule has 0 amide bonds. The highest BCUT2D eigenvalue weighted by atomic mass is 32.1. The Kier molecular flexibility index (Phi) is 3.85. The molecule has 1 aromatic heterocycles. The molecule has 0 aliphatic heterocycles. The van der Waals surface area contributed by atoms with Gasteiger partial charge in [-0.1, -0.05) is 18.2 Å². The molecule has 0 unspecified atom stereocenters. The molecule has 0 spiro atoms. The summed E-state index contributed by atoms with van der Waals surface area (Å²) in [4.78, 5) is 15.3. The third kappa shape index (κ3) is 2.69. The summed E-state index contributed by atoms with van der Waals surface area (Å²) in [5.41, 5.74) is 0.980. The summed E-state index contributed by atoms with van der Waals surface area (Å²) in [5.74, 6) is -2.83. The van der Waals surface area contributed by atoms with Crippen LogP contribution in [0.2, 0.25) is 0 Å². The molecular formula is C16H11F2NO2S. The molecule has 22 heavy (non-hydrogen) atoms. The molecule has 3 aromatic rings. The van der Waals surface area contributed by atoms with Crippen LogP contribution in [0.4, 0.5) is 8.78 Å². The van der Waals surface area contributed by atoms with Crippen LogP contribution in [0.5, 0.6) is 0 Å². The van der Waals surface area contributed by atoms with Gasteiger partial charge >= 0.3 is 5.97 Å². The van der Waals surface area contributed by atoms with E-state index in [1.54, 1.807) is 24.3 Å². The number of carboxylic acids is 1. The minimum Gasteiger partial charge on any atom is -0.478 e. The Morgan fingerprint density at radius 1 is 1.14 bits per heavy atom. The van der Waals surface area contributed by atoms with Gasteiger partial charge in [-0.3, -0.25) is 0 Å². The van der Waals surface area contributed by atoms with Gasteiger partial charge in [-0.05, 0) is 30.2 Å². The van der Waals surface area contributed by atoms with E-state index in [0.29, 0.717) is 28.1 Å². The van der Waals surface area contributed by atoms with Crippen molar-refractivity contribution in [2.24, 2.45) is 0 Å². The number of carboxylic acid groups (broad SMARTS) is 1. The molecule has 3 rings (SSSR count). The maximum absolute atomic E-state index is 13.6. The Hall–Kier alpha value is -2.34. The van der Waals surface area contributed by atoms with Crippen LogP contribution in [0.3, 0.4) is 0 Å². The summed E-state index contributed by atoms with van der Waals surface area (Å²) in [7, 11) is 0. The number of aromatic carboxylic acids is 1. The number of thiazole rings is 1. The second-order valence-corrected chi connectivity index (χ2v) is 5.89. The van der Waals surface area contributed by atoms with Crippen LogP contribution in [-0.2, 0) is 12.8 Å². The minimum absolute atomic E-state index is 0.0338. The number of nitrogens with zero attached hydrogens (tertiary/aromatic N) is 1. The van der Waals surface area contributed by atoms with Crippen LogP contribution in [0.25, 0.3) is 10.2 Å². The smallest absolute Gasteiger partial charge is 0.335 e. The first-order chi connectivity index (χ1) is 10.6.